The van der Waals surface area contributed by atoms with Crippen LogP contribution in [0.25, 0.3) is 0 Å². The van der Waals surface area contributed by atoms with Gasteiger partial charge in [-0.3, -0.25) is 9.69 Å². The Bertz CT molecular complexity index is 758. The number of carbonyl (C=O) groups excluding carboxylic acids is 1. The van der Waals surface area contributed by atoms with E-state index in [0.29, 0.717) is 4.88 Å². The molecule has 1 N–H and O–H groups in total. The normalized spacial score (nSPS) is 15.1. The molecule has 0 saturated carbocycles. The highest BCUT2D eigenvalue weighted by atomic mass is 32.1. The van der Waals surface area contributed by atoms with Gasteiger partial charge in [-0.25, -0.2) is 4.98 Å². The summed E-state index contributed by atoms with van der Waals surface area (Å²) in [5.41, 5.74) is 2.18. The van der Waals surface area contributed by atoms with Gasteiger partial charge in [-0.15, -0.1) is 0 Å². The number of nitrogens with zero attached hydrogens (tertiary/aromatic N) is 4. The van der Waals surface area contributed by atoms with E-state index < -0.39 is 0 Å². The molecule has 1 aromatic heterocycles. The lowest BCUT2D eigenvalue weighted by Crippen LogP contribution is -2.47. The molecule has 1 amide bonds. The predicted molar refractivity (Wildman–Crippen MR) is 94.1 cm³/mol. The standard InChI is InChI=1S/C17H19N5OS/c1-13(23)22-7-5-21(6-8-22)12-14-3-2-4-15(9-14)20-17-19-11-16(10-18)24-17/h2-4,9,11H,5-8,12H2,1H3,(H,19,20). The van der Waals surface area contributed by atoms with Crippen molar-refractivity contribution < 1.29 is 4.79 Å². The van der Waals surface area contributed by atoms with Crippen molar-refractivity contribution in [2.75, 3.05) is 31.5 Å². The van der Waals surface area contributed by atoms with Crippen molar-refractivity contribution in [1.29, 1.82) is 5.26 Å². The fraction of sp³-hybridized carbons (Fsp3) is 0.353. The molecule has 0 radical (unpaired) electrons. The summed E-state index contributed by atoms with van der Waals surface area (Å²) in [5, 5.41) is 12.8. The van der Waals surface area contributed by atoms with E-state index in [9.17, 15) is 4.79 Å². The zero-order valence-corrected chi connectivity index (χ0v) is 14.3. The minimum Gasteiger partial charge on any atom is -0.340 e. The van der Waals surface area contributed by atoms with Gasteiger partial charge in [0.15, 0.2) is 5.13 Å². The van der Waals surface area contributed by atoms with Gasteiger partial charge in [0.25, 0.3) is 0 Å². The number of nitriles is 1. The summed E-state index contributed by atoms with van der Waals surface area (Å²) < 4.78 is 0. The van der Waals surface area contributed by atoms with E-state index in [4.69, 9.17) is 5.26 Å². The van der Waals surface area contributed by atoms with Gasteiger partial charge >= 0.3 is 0 Å². The highest BCUT2D eigenvalue weighted by Gasteiger charge is 2.18. The number of aromatic nitrogens is 1. The minimum atomic E-state index is 0.154. The maximum absolute atomic E-state index is 11.4. The number of nitrogens with one attached hydrogen (secondary N) is 1. The highest BCUT2D eigenvalue weighted by molar-refractivity contribution is 7.16. The lowest BCUT2D eigenvalue weighted by Gasteiger charge is -2.34. The van der Waals surface area contributed by atoms with Crippen LogP contribution in [0.2, 0.25) is 0 Å². The maximum Gasteiger partial charge on any atom is 0.219 e. The molecule has 2 aromatic rings. The maximum atomic E-state index is 11.4. The third-order valence-corrected chi connectivity index (χ3v) is 4.84. The molecule has 7 heteroatoms. The Hall–Kier alpha value is -2.43. The Balaban J connectivity index is 1.59. The highest BCUT2D eigenvalue weighted by Crippen LogP contribution is 2.23. The summed E-state index contributed by atoms with van der Waals surface area (Å²) in [6, 6.07) is 10.3. The third kappa shape index (κ3) is 4.10. The van der Waals surface area contributed by atoms with Crippen LogP contribution in [-0.2, 0) is 11.3 Å². The number of rotatable bonds is 4. The molecule has 1 aliphatic rings. The molecule has 24 heavy (non-hydrogen) atoms. The lowest BCUT2D eigenvalue weighted by atomic mass is 10.1. The number of hydrogen-bond acceptors (Lipinski definition) is 6. The summed E-state index contributed by atoms with van der Waals surface area (Å²) in [5.74, 6) is 0.154. The van der Waals surface area contributed by atoms with Gasteiger partial charge in [-0.1, -0.05) is 23.5 Å². The molecular weight excluding hydrogens is 322 g/mol. The summed E-state index contributed by atoms with van der Waals surface area (Å²) in [6.45, 7) is 5.88. The van der Waals surface area contributed by atoms with Crippen LogP contribution in [0.5, 0.6) is 0 Å². The second-order valence-electron chi connectivity index (χ2n) is 5.75. The van der Waals surface area contributed by atoms with E-state index in [2.05, 4.69) is 33.4 Å². The first kappa shape index (κ1) is 16.4. The first-order valence-corrected chi connectivity index (χ1v) is 8.65. The zero-order chi connectivity index (χ0) is 16.9. The van der Waals surface area contributed by atoms with E-state index in [-0.39, 0.29) is 5.91 Å². The van der Waals surface area contributed by atoms with Crippen LogP contribution in [0.1, 0.15) is 17.4 Å². The Kier molecular flexibility index (Phi) is 5.08. The second kappa shape index (κ2) is 7.43. The molecule has 1 fully saturated rings. The molecular formula is C17H19N5OS. The van der Waals surface area contributed by atoms with Gasteiger partial charge in [0.1, 0.15) is 10.9 Å². The van der Waals surface area contributed by atoms with Crippen LogP contribution in [-0.4, -0.2) is 46.9 Å². The monoisotopic (exact) mass is 341 g/mol. The minimum absolute atomic E-state index is 0.154. The Labute approximate surface area is 145 Å². The van der Waals surface area contributed by atoms with Crippen LogP contribution in [0.3, 0.4) is 0 Å². The van der Waals surface area contributed by atoms with E-state index in [1.807, 2.05) is 17.0 Å². The average Bonchev–Trinajstić information content (AvgIpc) is 3.03. The van der Waals surface area contributed by atoms with Gasteiger partial charge in [-0.2, -0.15) is 5.26 Å². The molecule has 0 aliphatic carbocycles. The van der Waals surface area contributed by atoms with Crippen LogP contribution >= 0.6 is 11.3 Å². The van der Waals surface area contributed by atoms with E-state index >= 15 is 0 Å². The molecule has 2 heterocycles. The predicted octanol–water partition coefficient (Wildman–Crippen LogP) is 2.42. The first-order valence-electron chi connectivity index (χ1n) is 7.84. The molecule has 0 atom stereocenters. The molecule has 1 aromatic carbocycles. The molecule has 0 spiro atoms. The summed E-state index contributed by atoms with van der Waals surface area (Å²) in [4.78, 5) is 20.4. The number of benzene rings is 1. The molecule has 1 saturated heterocycles. The fourth-order valence-corrected chi connectivity index (χ4v) is 3.37. The molecule has 3 rings (SSSR count). The number of anilines is 2. The molecule has 1 aliphatic heterocycles. The molecule has 124 valence electrons. The van der Waals surface area contributed by atoms with Crippen molar-refractivity contribution in [3.63, 3.8) is 0 Å². The Morgan fingerprint density at radius 2 is 2.17 bits per heavy atom. The van der Waals surface area contributed by atoms with E-state index in [1.54, 1.807) is 13.1 Å². The SMILES string of the molecule is CC(=O)N1CCN(Cc2cccc(Nc3ncc(C#N)s3)c2)CC1. The van der Waals surface area contributed by atoms with Gasteiger partial charge in [0.05, 0.1) is 6.20 Å². The second-order valence-corrected chi connectivity index (χ2v) is 6.78. The first-order chi connectivity index (χ1) is 11.6. The summed E-state index contributed by atoms with van der Waals surface area (Å²) in [7, 11) is 0. The topological polar surface area (TPSA) is 72.3 Å². The van der Waals surface area contributed by atoms with Gasteiger partial charge in [-0.05, 0) is 17.7 Å². The quantitative estimate of drug-likeness (QED) is 0.925. The molecule has 6 nitrogen and oxygen atoms in total. The van der Waals surface area contributed by atoms with Crippen LogP contribution in [0.15, 0.2) is 30.5 Å². The van der Waals surface area contributed by atoms with Crippen molar-refractivity contribution >= 4 is 28.1 Å². The smallest absolute Gasteiger partial charge is 0.219 e. The summed E-state index contributed by atoms with van der Waals surface area (Å²) in [6.07, 6.45) is 1.57. The lowest BCUT2D eigenvalue weighted by molar-refractivity contribution is -0.130. The van der Waals surface area contributed by atoms with E-state index in [0.717, 1.165) is 43.5 Å². The van der Waals surface area contributed by atoms with E-state index in [1.165, 1.54) is 16.9 Å². The number of piperazine rings is 1. The Morgan fingerprint density at radius 3 is 2.83 bits per heavy atom. The van der Waals surface area contributed by atoms with Crippen LogP contribution in [0.4, 0.5) is 10.8 Å². The van der Waals surface area contributed by atoms with Crippen LogP contribution < -0.4 is 5.32 Å². The largest absolute Gasteiger partial charge is 0.340 e. The average molecular weight is 341 g/mol. The molecule has 0 bridgehead atoms. The van der Waals surface area contributed by atoms with Crippen molar-refractivity contribution in [3.8, 4) is 6.07 Å². The number of hydrogen-bond donors (Lipinski definition) is 1. The third-order valence-electron chi connectivity index (χ3n) is 4.02. The van der Waals surface area contributed by atoms with Gasteiger partial charge in [0, 0.05) is 45.3 Å². The zero-order valence-electron chi connectivity index (χ0n) is 13.5. The number of carbonyl (C=O) groups is 1. The van der Waals surface area contributed by atoms with Crippen molar-refractivity contribution in [3.05, 3.63) is 40.9 Å². The van der Waals surface area contributed by atoms with Gasteiger partial charge < -0.3 is 10.2 Å². The van der Waals surface area contributed by atoms with Crippen LogP contribution in [0, 0.1) is 11.3 Å². The summed E-state index contributed by atoms with van der Waals surface area (Å²) >= 11 is 1.34. The fourth-order valence-electron chi connectivity index (χ4n) is 2.73. The number of thiazole rings is 1. The van der Waals surface area contributed by atoms with Crippen molar-refractivity contribution in [2.24, 2.45) is 0 Å². The van der Waals surface area contributed by atoms with Crippen molar-refractivity contribution in [1.82, 2.24) is 14.8 Å². The van der Waals surface area contributed by atoms with Gasteiger partial charge in [0.2, 0.25) is 5.91 Å². The Morgan fingerprint density at radius 1 is 1.38 bits per heavy atom. The number of amides is 1. The van der Waals surface area contributed by atoms with Crippen molar-refractivity contribution in [2.45, 2.75) is 13.5 Å². The molecule has 0 unspecified atom stereocenters.